The summed E-state index contributed by atoms with van der Waals surface area (Å²) in [5.41, 5.74) is 10.4. The fraction of sp³-hybridized carbons (Fsp3) is 0.308. The number of carbonyl (C=O) groups is 1. The van der Waals surface area contributed by atoms with Crippen molar-refractivity contribution in [3.63, 3.8) is 0 Å². The van der Waals surface area contributed by atoms with E-state index in [1.165, 1.54) is 0 Å². The van der Waals surface area contributed by atoms with Crippen LogP contribution in [-0.2, 0) is 9.53 Å². The lowest BCUT2D eigenvalue weighted by Crippen LogP contribution is -2.37. The number of nitrogens with zero attached hydrogens (tertiary/aromatic N) is 6. The van der Waals surface area contributed by atoms with Gasteiger partial charge in [-0.2, -0.15) is 0 Å². The smallest absolute Gasteiger partial charge is 0.227 e. The number of pyridine rings is 1. The SMILES string of the molecule is Nc1ncc(-c2nc(N3CCOCC3)c3ncc(-c4cccc(NC(=O)C5CCC5)c4)cc3n2)cn1. The van der Waals surface area contributed by atoms with Crippen LogP contribution in [0.4, 0.5) is 17.5 Å². The number of benzene rings is 1. The Labute approximate surface area is 208 Å². The highest BCUT2D eigenvalue weighted by Gasteiger charge is 2.25. The molecule has 0 bridgehead atoms. The van der Waals surface area contributed by atoms with E-state index in [9.17, 15) is 4.79 Å². The third-order valence-electron chi connectivity index (χ3n) is 6.70. The van der Waals surface area contributed by atoms with Crippen molar-refractivity contribution in [1.82, 2.24) is 24.9 Å². The van der Waals surface area contributed by atoms with Crippen molar-refractivity contribution >= 4 is 34.4 Å². The molecule has 0 radical (unpaired) electrons. The summed E-state index contributed by atoms with van der Waals surface area (Å²) in [6.07, 6.45) is 8.13. The molecule has 3 aromatic heterocycles. The van der Waals surface area contributed by atoms with Gasteiger partial charge in [-0.05, 0) is 36.6 Å². The lowest BCUT2D eigenvalue weighted by Gasteiger charge is -2.28. The number of nitrogen functional groups attached to an aromatic ring is 1. The predicted molar refractivity (Wildman–Crippen MR) is 137 cm³/mol. The van der Waals surface area contributed by atoms with E-state index in [0.717, 1.165) is 60.5 Å². The van der Waals surface area contributed by atoms with Gasteiger partial charge in [0.2, 0.25) is 11.9 Å². The van der Waals surface area contributed by atoms with Gasteiger partial charge >= 0.3 is 0 Å². The second kappa shape index (κ2) is 9.46. The third kappa shape index (κ3) is 4.42. The lowest BCUT2D eigenvalue weighted by atomic mass is 9.85. The van der Waals surface area contributed by atoms with Crippen molar-refractivity contribution < 1.29 is 9.53 Å². The fourth-order valence-electron chi connectivity index (χ4n) is 4.43. The van der Waals surface area contributed by atoms with Crippen LogP contribution in [-0.4, -0.2) is 57.1 Å². The Kier molecular flexibility index (Phi) is 5.86. The van der Waals surface area contributed by atoms with Gasteiger partial charge in [-0.3, -0.25) is 9.78 Å². The molecule has 10 heteroatoms. The van der Waals surface area contributed by atoms with E-state index in [2.05, 4.69) is 20.2 Å². The van der Waals surface area contributed by atoms with E-state index in [1.807, 2.05) is 36.5 Å². The number of nitrogens with two attached hydrogens (primary N) is 1. The summed E-state index contributed by atoms with van der Waals surface area (Å²) < 4.78 is 5.53. The Hall–Kier alpha value is -4.18. The van der Waals surface area contributed by atoms with Crippen molar-refractivity contribution in [2.75, 3.05) is 42.3 Å². The normalized spacial score (nSPS) is 16.1. The topological polar surface area (TPSA) is 132 Å². The molecule has 1 amide bonds. The van der Waals surface area contributed by atoms with E-state index < -0.39 is 0 Å². The van der Waals surface area contributed by atoms with Gasteiger partial charge in [-0.25, -0.2) is 19.9 Å². The molecule has 6 rings (SSSR count). The molecule has 3 N–H and O–H groups in total. The maximum Gasteiger partial charge on any atom is 0.227 e. The average molecular weight is 483 g/mol. The van der Waals surface area contributed by atoms with Crippen molar-refractivity contribution in [1.29, 1.82) is 0 Å². The molecule has 4 heterocycles. The first-order valence-electron chi connectivity index (χ1n) is 12.1. The monoisotopic (exact) mass is 482 g/mol. The first-order chi connectivity index (χ1) is 17.6. The third-order valence-corrected chi connectivity index (χ3v) is 6.70. The largest absolute Gasteiger partial charge is 0.378 e. The summed E-state index contributed by atoms with van der Waals surface area (Å²) >= 11 is 0. The zero-order valence-electron chi connectivity index (χ0n) is 19.7. The second-order valence-corrected chi connectivity index (χ2v) is 9.09. The highest BCUT2D eigenvalue weighted by molar-refractivity contribution is 5.94. The molecule has 1 aliphatic carbocycles. The van der Waals surface area contributed by atoms with Crippen LogP contribution in [0.1, 0.15) is 19.3 Å². The van der Waals surface area contributed by atoms with Gasteiger partial charge in [0.1, 0.15) is 5.52 Å². The molecule has 4 aromatic rings. The quantitative estimate of drug-likeness (QED) is 0.440. The Morgan fingerprint density at radius 3 is 2.50 bits per heavy atom. The minimum absolute atomic E-state index is 0.0910. The number of anilines is 3. The van der Waals surface area contributed by atoms with E-state index in [1.54, 1.807) is 12.4 Å². The van der Waals surface area contributed by atoms with E-state index in [4.69, 9.17) is 25.4 Å². The van der Waals surface area contributed by atoms with Gasteiger partial charge in [0, 0.05) is 48.8 Å². The molecule has 2 fully saturated rings. The summed E-state index contributed by atoms with van der Waals surface area (Å²) in [6, 6.07) is 9.82. The molecular formula is C26H26N8O2. The van der Waals surface area contributed by atoms with Gasteiger partial charge in [0.25, 0.3) is 0 Å². The Bertz CT molecular complexity index is 1420. The minimum atomic E-state index is 0.0910. The molecule has 1 aliphatic heterocycles. The zero-order chi connectivity index (χ0) is 24.5. The average Bonchev–Trinajstić information content (AvgIpc) is 2.88. The molecule has 0 spiro atoms. The number of amides is 1. The number of nitrogens with one attached hydrogen (secondary N) is 1. The Balaban J connectivity index is 1.40. The maximum atomic E-state index is 12.4. The fourth-order valence-corrected chi connectivity index (χ4v) is 4.43. The second-order valence-electron chi connectivity index (χ2n) is 9.09. The zero-order valence-corrected chi connectivity index (χ0v) is 19.7. The van der Waals surface area contributed by atoms with E-state index in [0.29, 0.717) is 30.1 Å². The molecule has 2 aliphatic rings. The molecule has 1 saturated carbocycles. The molecule has 10 nitrogen and oxygen atoms in total. The first-order valence-corrected chi connectivity index (χ1v) is 12.1. The summed E-state index contributed by atoms with van der Waals surface area (Å²) in [5.74, 6) is 1.67. The van der Waals surface area contributed by atoms with E-state index in [-0.39, 0.29) is 17.8 Å². The van der Waals surface area contributed by atoms with E-state index >= 15 is 0 Å². The highest BCUT2D eigenvalue weighted by atomic mass is 16.5. The minimum Gasteiger partial charge on any atom is -0.378 e. The molecule has 36 heavy (non-hydrogen) atoms. The number of fused-ring (bicyclic) bond motifs is 1. The molecule has 1 saturated heterocycles. The molecule has 0 unspecified atom stereocenters. The number of rotatable bonds is 5. The number of aromatic nitrogens is 5. The van der Waals surface area contributed by atoms with Crippen molar-refractivity contribution in [2.24, 2.45) is 5.92 Å². The van der Waals surface area contributed by atoms with Gasteiger partial charge < -0.3 is 20.7 Å². The molecular weight excluding hydrogens is 456 g/mol. The number of hydrogen-bond acceptors (Lipinski definition) is 9. The van der Waals surface area contributed by atoms with Crippen LogP contribution in [0.2, 0.25) is 0 Å². The van der Waals surface area contributed by atoms with Crippen molar-refractivity contribution in [3.8, 4) is 22.5 Å². The predicted octanol–water partition coefficient (Wildman–Crippen LogP) is 3.31. The summed E-state index contributed by atoms with van der Waals surface area (Å²) in [5, 5.41) is 3.05. The number of hydrogen-bond donors (Lipinski definition) is 2. The maximum absolute atomic E-state index is 12.4. The van der Waals surface area contributed by atoms with Crippen LogP contribution in [0, 0.1) is 5.92 Å². The van der Waals surface area contributed by atoms with Gasteiger partial charge in [0.15, 0.2) is 11.6 Å². The Morgan fingerprint density at radius 1 is 0.972 bits per heavy atom. The van der Waals surface area contributed by atoms with Crippen LogP contribution >= 0.6 is 0 Å². The van der Waals surface area contributed by atoms with Crippen LogP contribution < -0.4 is 16.0 Å². The number of ether oxygens (including phenoxy) is 1. The van der Waals surface area contributed by atoms with Crippen LogP contribution in [0.5, 0.6) is 0 Å². The number of carbonyl (C=O) groups excluding carboxylic acids is 1. The Morgan fingerprint density at radius 2 is 1.75 bits per heavy atom. The van der Waals surface area contributed by atoms with Crippen molar-refractivity contribution in [2.45, 2.75) is 19.3 Å². The molecule has 182 valence electrons. The molecule has 0 atom stereocenters. The van der Waals surface area contributed by atoms with Crippen LogP contribution in [0.25, 0.3) is 33.5 Å². The molecule has 1 aromatic carbocycles. The first kappa shape index (κ1) is 22.3. The van der Waals surface area contributed by atoms with Crippen LogP contribution in [0.3, 0.4) is 0 Å². The summed E-state index contributed by atoms with van der Waals surface area (Å²) in [6.45, 7) is 2.69. The standard InChI is InChI=1S/C26H26N8O2/c27-26-29-14-19(15-30-26)23-32-21-12-18(13-28-22(21)24(33-23)34-7-9-36-10-8-34)17-5-2-6-20(11-17)31-25(35)16-3-1-4-16/h2,5-6,11-16H,1,3-4,7-10H2,(H,31,35)(H2,27,29,30). The van der Waals surface area contributed by atoms with Crippen molar-refractivity contribution in [3.05, 3.63) is 48.9 Å². The van der Waals surface area contributed by atoms with Gasteiger partial charge in [-0.1, -0.05) is 18.6 Å². The van der Waals surface area contributed by atoms with Crippen LogP contribution in [0.15, 0.2) is 48.9 Å². The number of morpholine rings is 1. The lowest BCUT2D eigenvalue weighted by molar-refractivity contribution is -0.122. The van der Waals surface area contributed by atoms with Gasteiger partial charge in [0.05, 0.1) is 24.3 Å². The summed E-state index contributed by atoms with van der Waals surface area (Å²) in [7, 11) is 0. The van der Waals surface area contributed by atoms with Gasteiger partial charge in [-0.15, -0.1) is 0 Å². The highest BCUT2D eigenvalue weighted by Crippen LogP contribution is 2.31. The summed E-state index contributed by atoms with van der Waals surface area (Å²) in [4.78, 5) is 37.2.